The Morgan fingerprint density at radius 3 is 2.79 bits per heavy atom. The van der Waals surface area contributed by atoms with E-state index in [1.54, 1.807) is 12.1 Å². The highest BCUT2D eigenvalue weighted by molar-refractivity contribution is 5.34. The van der Waals surface area contributed by atoms with E-state index in [1.807, 2.05) is 6.92 Å². The number of halogens is 1. The third kappa shape index (κ3) is 2.92. The average Bonchev–Trinajstić information content (AvgIpc) is 3.11. The van der Waals surface area contributed by atoms with Gasteiger partial charge in [0.2, 0.25) is 0 Å². The lowest BCUT2D eigenvalue weighted by Crippen LogP contribution is -2.31. The number of hydrogen-bond donors (Lipinski definition) is 1. The van der Waals surface area contributed by atoms with Crippen molar-refractivity contribution in [1.29, 1.82) is 0 Å². The monoisotopic (exact) mass is 263 g/mol. The van der Waals surface area contributed by atoms with Gasteiger partial charge in [-0.05, 0) is 61.9 Å². The lowest BCUT2D eigenvalue weighted by Gasteiger charge is -2.25. The second-order valence-electron chi connectivity index (χ2n) is 5.78. The molecule has 1 aliphatic carbocycles. The minimum absolute atomic E-state index is 0.172. The van der Waals surface area contributed by atoms with Crippen molar-refractivity contribution in [3.63, 3.8) is 0 Å². The van der Waals surface area contributed by atoms with E-state index in [-0.39, 0.29) is 5.82 Å². The molecular weight excluding hydrogens is 241 g/mol. The van der Waals surface area contributed by atoms with Crippen molar-refractivity contribution in [3.05, 3.63) is 29.6 Å². The highest BCUT2D eigenvalue weighted by Gasteiger charge is 2.39. The molecule has 104 valence electrons. The summed E-state index contributed by atoms with van der Waals surface area (Å²) in [6.45, 7) is 4.20. The van der Waals surface area contributed by atoms with Gasteiger partial charge in [0, 0.05) is 12.5 Å². The largest absolute Gasteiger partial charge is 0.490 e. The van der Waals surface area contributed by atoms with E-state index < -0.39 is 0 Å². The Balaban J connectivity index is 1.77. The van der Waals surface area contributed by atoms with Crippen LogP contribution in [-0.4, -0.2) is 19.2 Å². The minimum Gasteiger partial charge on any atom is -0.490 e. The van der Waals surface area contributed by atoms with Crippen LogP contribution in [0.5, 0.6) is 5.75 Å². The van der Waals surface area contributed by atoms with E-state index in [9.17, 15) is 4.39 Å². The molecule has 0 radical (unpaired) electrons. The Labute approximate surface area is 114 Å². The van der Waals surface area contributed by atoms with E-state index in [4.69, 9.17) is 4.74 Å². The zero-order valence-electron chi connectivity index (χ0n) is 11.5. The topological polar surface area (TPSA) is 21.3 Å². The SMILES string of the molecule is CCc1cc(F)ccc1O[C@@H](C1CC1)[C@H]1CCNC1. The van der Waals surface area contributed by atoms with Crippen LogP contribution in [0.1, 0.15) is 31.7 Å². The zero-order chi connectivity index (χ0) is 13.2. The second-order valence-corrected chi connectivity index (χ2v) is 5.78. The maximum Gasteiger partial charge on any atom is 0.123 e. The zero-order valence-corrected chi connectivity index (χ0v) is 11.5. The van der Waals surface area contributed by atoms with Gasteiger partial charge in [-0.2, -0.15) is 0 Å². The summed E-state index contributed by atoms with van der Waals surface area (Å²) in [5.74, 6) is 2.03. The van der Waals surface area contributed by atoms with Crippen molar-refractivity contribution in [2.75, 3.05) is 13.1 Å². The van der Waals surface area contributed by atoms with Crippen molar-refractivity contribution < 1.29 is 9.13 Å². The molecular formula is C16H22FNO. The number of hydrogen-bond acceptors (Lipinski definition) is 2. The van der Waals surface area contributed by atoms with Crippen LogP contribution in [0.25, 0.3) is 0 Å². The van der Waals surface area contributed by atoms with Gasteiger partial charge >= 0.3 is 0 Å². The second kappa shape index (κ2) is 5.49. The van der Waals surface area contributed by atoms with E-state index in [1.165, 1.54) is 25.3 Å². The van der Waals surface area contributed by atoms with Gasteiger partial charge in [-0.15, -0.1) is 0 Å². The van der Waals surface area contributed by atoms with Crippen LogP contribution >= 0.6 is 0 Å². The summed E-state index contributed by atoms with van der Waals surface area (Å²) >= 11 is 0. The molecule has 0 amide bonds. The Bertz CT molecular complexity index is 438. The average molecular weight is 263 g/mol. The Kier molecular flexibility index (Phi) is 3.74. The van der Waals surface area contributed by atoms with Gasteiger partial charge in [0.15, 0.2) is 0 Å². The fraction of sp³-hybridized carbons (Fsp3) is 0.625. The van der Waals surface area contributed by atoms with Crippen LogP contribution < -0.4 is 10.1 Å². The molecule has 1 aromatic rings. The van der Waals surface area contributed by atoms with Gasteiger partial charge in [-0.25, -0.2) is 4.39 Å². The third-order valence-electron chi connectivity index (χ3n) is 4.32. The summed E-state index contributed by atoms with van der Waals surface area (Å²) in [6.07, 6.45) is 4.89. The summed E-state index contributed by atoms with van der Waals surface area (Å²) in [5.41, 5.74) is 0.983. The van der Waals surface area contributed by atoms with Crippen LogP contribution in [0.15, 0.2) is 18.2 Å². The minimum atomic E-state index is -0.172. The van der Waals surface area contributed by atoms with Crippen LogP contribution in [0, 0.1) is 17.7 Å². The van der Waals surface area contributed by atoms with E-state index in [0.29, 0.717) is 17.9 Å². The van der Waals surface area contributed by atoms with Crippen molar-refractivity contribution in [1.82, 2.24) is 5.32 Å². The molecule has 3 heteroatoms. The van der Waals surface area contributed by atoms with Crippen molar-refractivity contribution in [2.24, 2.45) is 11.8 Å². The number of nitrogens with one attached hydrogen (secondary N) is 1. The first-order valence-corrected chi connectivity index (χ1v) is 7.43. The first-order valence-electron chi connectivity index (χ1n) is 7.43. The molecule has 1 aliphatic heterocycles. The summed E-state index contributed by atoms with van der Waals surface area (Å²) in [5, 5.41) is 3.42. The van der Waals surface area contributed by atoms with Gasteiger partial charge < -0.3 is 10.1 Å². The lowest BCUT2D eigenvalue weighted by atomic mass is 9.97. The summed E-state index contributed by atoms with van der Waals surface area (Å²) < 4.78 is 19.6. The molecule has 0 bridgehead atoms. The van der Waals surface area contributed by atoms with E-state index >= 15 is 0 Å². The molecule has 3 rings (SSSR count). The molecule has 0 aromatic heterocycles. The molecule has 1 aromatic carbocycles. The molecule has 1 saturated carbocycles. The van der Waals surface area contributed by atoms with Gasteiger partial charge in [0.05, 0.1) is 0 Å². The quantitative estimate of drug-likeness (QED) is 0.881. The normalized spacial score (nSPS) is 24.4. The van der Waals surface area contributed by atoms with Crippen LogP contribution in [0.2, 0.25) is 0 Å². The highest BCUT2D eigenvalue weighted by atomic mass is 19.1. The molecule has 1 heterocycles. The van der Waals surface area contributed by atoms with Crippen molar-refractivity contribution in [2.45, 2.75) is 38.7 Å². The van der Waals surface area contributed by atoms with E-state index in [0.717, 1.165) is 30.8 Å². The Hall–Kier alpha value is -1.09. The fourth-order valence-electron chi connectivity index (χ4n) is 3.05. The molecule has 0 spiro atoms. The smallest absolute Gasteiger partial charge is 0.123 e. The highest BCUT2D eigenvalue weighted by Crippen LogP contribution is 2.40. The Morgan fingerprint density at radius 1 is 1.32 bits per heavy atom. The lowest BCUT2D eigenvalue weighted by molar-refractivity contribution is 0.119. The number of aryl methyl sites for hydroxylation is 1. The van der Waals surface area contributed by atoms with Crippen LogP contribution in [0.3, 0.4) is 0 Å². The number of rotatable bonds is 5. The van der Waals surface area contributed by atoms with Gasteiger partial charge in [0.25, 0.3) is 0 Å². The van der Waals surface area contributed by atoms with Crippen molar-refractivity contribution >= 4 is 0 Å². The van der Waals surface area contributed by atoms with Gasteiger partial charge in [-0.3, -0.25) is 0 Å². The maximum atomic E-state index is 13.3. The number of benzene rings is 1. The molecule has 0 unspecified atom stereocenters. The first-order chi connectivity index (χ1) is 9.28. The van der Waals surface area contributed by atoms with Crippen LogP contribution in [0.4, 0.5) is 4.39 Å². The number of ether oxygens (including phenoxy) is 1. The third-order valence-corrected chi connectivity index (χ3v) is 4.32. The molecule has 2 nitrogen and oxygen atoms in total. The standard InChI is InChI=1S/C16H22FNO/c1-2-11-9-14(17)5-6-15(11)19-16(12-3-4-12)13-7-8-18-10-13/h5-6,9,12-13,16,18H,2-4,7-8,10H2,1H3/t13-,16-/m0/s1. The molecule has 2 aliphatic rings. The van der Waals surface area contributed by atoms with E-state index in [2.05, 4.69) is 5.32 Å². The Morgan fingerprint density at radius 2 is 2.16 bits per heavy atom. The van der Waals surface area contributed by atoms with Crippen molar-refractivity contribution in [3.8, 4) is 5.75 Å². The maximum absolute atomic E-state index is 13.3. The summed E-state index contributed by atoms with van der Waals surface area (Å²) in [7, 11) is 0. The van der Waals surface area contributed by atoms with Crippen LogP contribution in [-0.2, 0) is 6.42 Å². The summed E-state index contributed by atoms with van der Waals surface area (Å²) in [6, 6.07) is 4.91. The van der Waals surface area contributed by atoms with Gasteiger partial charge in [0.1, 0.15) is 17.7 Å². The molecule has 1 saturated heterocycles. The van der Waals surface area contributed by atoms with Gasteiger partial charge in [-0.1, -0.05) is 6.92 Å². The first kappa shape index (κ1) is 12.9. The molecule has 1 N–H and O–H groups in total. The fourth-order valence-corrected chi connectivity index (χ4v) is 3.05. The predicted molar refractivity (Wildman–Crippen MR) is 73.9 cm³/mol. The predicted octanol–water partition coefficient (Wildman–Crippen LogP) is 3.16. The molecule has 19 heavy (non-hydrogen) atoms. The molecule has 2 atom stereocenters. The molecule has 2 fully saturated rings. The summed E-state index contributed by atoms with van der Waals surface area (Å²) in [4.78, 5) is 0.